The molecule has 29 heavy (non-hydrogen) atoms. The molecule has 0 radical (unpaired) electrons. The SMILES string of the molecule is C[C@@H]1CN(c2cc(N3CCCCCC3Cc3ccccc3)[nH]c(=O)c2)C[C@@H](C)O1. The molecule has 1 unspecified atom stereocenters. The normalized spacial score (nSPS) is 25.7. The molecule has 0 amide bonds. The minimum absolute atomic E-state index is 0.0213. The summed E-state index contributed by atoms with van der Waals surface area (Å²) in [5.41, 5.74) is 2.35. The van der Waals surface area contributed by atoms with Crippen LogP contribution in [0.3, 0.4) is 0 Å². The molecule has 4 rings (SSSR count). The lowest BCUT2D eigenvalue weighted by Crippen LogP contribution is -2.46. The van der Waals surface area contributed by atoms with Crippen LogP contribution in [0.25, 0.3) is 0 Å². The number of benzene rings is 1. The summed E-state index contributed by atoms with van der Waals surface area (Å²) in [5.74, 6) is 0.960. The van der Waals surface area contributed by atoms with Crippen molar-refractivity contribution in [1.82, 2.24) is 4.98 Å². The number of nitrogens with zero attached hydrogens (tertiary/aromatic N) is 2. The number of hydrogen-bond acceptors (Lipinski definition) is 4. The van der Waals surface area contributed by atoms with Crippen molar-refractivity contribution < 1.29 is 4.74 Å². The Hall–Kier alpha value is -2.27. The van der Waals surface area contributed by atoms with Crippen molar-refractivity contribution in [3.63, 3.8) is 0 Å². The second-order valence-corrected chi connectivity index (χ2v) is 8.64. The van der Waals surface area contributed by atoms with E-state index in [0.717, 1.165) is 44.0 Å². The van der Waals surface area contributed by atoms with Crippen molar-refractivity contribution in [2.24, 2.45) is 0 Å². The van der Waals surface area contributed by atoms with Gasteiger partial charge in [0.15, 0.2) is 0 Å². The molecule has 3 atom stereocenters. The Morgan fingerprint density at radius 1 is 1.03 bits per heavy atom. The zero-order valence-corrected chi connectivity index (χ0v) is 17.6. The summed E-state index contributed by atoms with van der Waals surface area (Å²) in [5, 5.41) is 0. The maximum Gasteiger partial charge on any atom is 0.251 e. The first-order chi connectivity index (χ1) is 14.1. The summed E-state index contributed by atoms with van der Waals surface area (Å²) in [7, 11) is 0. The van der Waals surface area contributed by atoms with Gasteiger partial charge in [0, 0.05) is 43.5 Å². The van der Waals surface area contributed by atoms with Crippen LogP contribution in [0.4, 0.5) is 11.5 Å². The Morgan fingerprint density at radius 2 is 1.79 bits per heavy atom. The largest absolute Gasteiger partial charge is 0.372 e. The molecule has 0 saturated carbocycles. The average Bonchev–Trinajstić information content (AvgIpc) is 2.93. The van der Waals surface area contributed by atoms with Crippen LogP contribution in [0.1, 0.15) is 45.1 Å². The topological polar surface area (TPSA) is 48.6 Å². The monoisotopic (exact) mass is 395 g/mol. The molecule has 2 aliphatic heterocycles. The Morgan fingerprint density at radius 3 is 2.55 bits per heavy atom. The molecule has 5 nitrogen and oxygen atoms in total. The van der Waals surface area contributed by atoms with E-state index in [1.165, 1.54) is 24.8 Å². The second kappa shape index (κ2) is 9.04. The Kier molecular flexibility index (Phi) is 6.24. The zero-order chi connectivity index (χ0) is 20.2. The molecule has 2 saturated heterocycles. The van der Waals surface area contributed by atoms with Gasteiger partial charge in [-0.2, -0.15) is 0 Å². The second-order valence-electron chi connectivity index (χ2n) is 8.64. The number of aromatic nitrogens is 1. The molecule has 0 spiro atoms. The van der Waals surface area contributed by atoms with Gasteiger partial charge in [-0.05, 0) is 38.7 Å². The van der Waals surface area contributed by atoms with Gasteiger partial charge in [0.1, 0.15) is 5.82 Å². The maximum atomic E-state index is 12.6. The third-order valence-electron chi connectivity index (χ3n) is 6.10. The van der Waals surface area contributed by atoms with E-state index >= 15 is 0 Å². The molecule has 3 heterocycles. The molecule has 0 aliphatic carbocycles. The van der Waals surface area contributed by atoms with Crippen molar-refractivity contribution in [3.05, 3.63) is 58.4 Å². The Bertz CT molecular complexity index is 841. The molecule has 2 aromatic rings. The van der Waals surface area contributed by atoms with Crippen LogP contribution >= 0.6 is 0 Å². The molecule has 0 bridgehead atoms. The van der Waals surface area contributed by atoms with Crippen molar-refractivity contribution in [1.29, 1.82) is 0 Å². The minimum atomic E-state index is -0.0213. The fourth-order valence-electron chi connectivity index (χ4n) is 4.83. The van der Waals surface area contributed by atoms with Gasteiger partial charge in [-0.1, -0.05) is 43.2 Å². The molecule has 2 fully saturated rings. The van der Waals surface area contributed by atoms with E-state index < -0.39 is 0 Å². The molecule has 1 N–H and O–H groups in total. The van der Waals surface area contributed by atoms with Crippen molar-refractivity contribution in [2.75, 3.05) is 29.4 Å². The van der Waals surface area contributed by atoms with Crippen LogP contribution in [0.2, 0.25) is 0 Å². The van der Waals surface area contributed by atoms with Crippen LogP contribution in [0.5, 0.6) is 0 Å². The first-order valence-corrected chi connectivity index (χ1v) is 11.0. The zero-order valence-electron chi connectivity index (χ0n) is 17.6. The summed E-state index contributed by atoms with van der Waals surface area (Å²) in [6.07, 6.45) is 6.19. The molecule has 1 aromatic heterocycles. The molecular weight excluding hydrogens is 362 g/mol. The number of aromatic amines is 1. The Balaban J connectivity index is 1.62. The molecule has 5 heteroatoms. The molecular formula is C24H33N3O2. The number of rotatable bonds is 4. The lowest BCUT2D eigenvalue weighted by Gasteiger charge is -2.37. The van der Waals surface area contributed by atoms with Gasteiger partial charge in [0.25, 0.3) is 5.56 Å². The molecule has 1 aromatic carbocycles. The van der Waals surface area contributed by atoms with Gasteiger partial charge < -0.3 is 19.5 Å². The van der Waals surface area contributed by atoms with E-state index in [0.29, 0.717) is 6.04 Å². The number of pyridine rings is 1. The highest BCUT2D eigenvalue weighted by Gasteiger charge is 2.26. The summed E-state index contributed by atoms with van der Waals surface area (Å²) in [4.78, 5) is 20.4. The number of H-pyrrole nitrogens is 1. The van der Waals surface area contributed by atoms with Crippen LogP contribution in [0.15, 0.2) is 47.3 Å². The summed E-state index contributed by atoms with van der Waals surface area (Å²) < 4.78 is 5.88. The first kappa shape index (κ1) is 20.0. The third kappa shape index (κ3) is 5.02. The van der Waals surface area contributed by atoms with Gasteiger partial charge in [-0.15, -0.1) is 0 Å². The average molecular weight is 396 g/mol. The number of morpholine rings is 1. The van der Waals surface area contributed by atoms with Crippen molar-refractivity contribution >= 4 is 11.5 Å². The maximum absolute atomic E-state index is 12.6. The number of nitrogens with one attached hydrogen (secondary N) is 1. The van der Waals surface area contributed by atoms with E-state index in [1.807, 2.05) is 0 Å². The van der Waals surface area contributed by atoms with Crippen LogP contribution in [-0.2, 0) is 11.2 Å². The first-order valence-electron chi connectivity index (χ1n) is 11.0. The van der Waals surface area contributed by atoms with Crippen molar-refractivity contribution in [2.45, 2.75) is 64.2 Å². The highest BCUT2D eigenvalue weighted by Crippen LogP contribution is 2.28. The lowest BCUT2D eigenvalue weighted by atomic mass is 10.0. The van der Waals surface area contributed by atoms with E-state index in [1.54, 1.807) is 6.07 Å². The number of ether oxygens (including phenoxy) is 1. The minimum Gasteiger partial charge on any atom is -0.372 e. The van der Waals surface area contributed by atoms with Gasteiger partial charge in [-0.3, -0.25) is 4.79 Å². The quantitative estimate of drug-likeness (QED) is 0.851. The van der Waals surface area contributed by atoms with Gasteiger partial charge in [0.05, 0.1) is 12.2 Å². The number of hydrogen-bond donors (Lipinski definition) is 1. The van der Waals surface area contributed by atoms with E-state index in [2.05, 4.69) is 65.0 Å². The standard InChI is InChI=1S/C24H33N3O2/c1-18-16-26(17-19(2)29-18)22-14-23(25-24(28)15-22)27-12-8-4-7-11-21(27)13-20-9-5-3-6-10-20/h3,5-6,9-10,14-15,18-19,21H,4,7-8,11-13,16-17H2,1-2H3,(H,25,28)/t18-,19-,21?/m1/s1. The van der Waals surface area contributed by atoms with Crippen LogP contribution in [0, 0.1) is 0 Å². The van der Waals surface area contributed by atoms with E-state index in [4.69, 9.17) is 4.74 Å². The summed E-state index contributed by atoms with van der Waals surface area (Å²) in [6.45, 7) is 6.83. The van der Waals surface area contributed by atoms with E-state index in [9.17, 15) is 4.79 Å². The van der Waals surface area contributed by atoms with Crippen molar-refractivity contribution in [3.8, 4) is 0 Å². The highest BCUT2D eigenvalue weighted by molar-refractivity contribution is 5.56. The smallest absolute Gasteiger partial charge is 0.251 e. The lowest BCUT2D eigenvalue weighted by molar-refractivity contribution is -0.00522. The van der Waals surface area contributed by atoms with Crippen LogP contribution < -0.4 is 15.4 Å². The highest BCUT2D eigenvalue weighted by atomic mass is 16.5. The fourth-order valence-corrected chi connectivity index (χ4v) is 4.83. The van der Waals surface area contributed by atoms with E-state index in [-0.39, 0.29) is 17.8 Å². The fraction of sp³-hybridized carbons (Fsp3) is 0.542. The predicted molar refractivity (Wildman–Crippen MR) is 119 cm³/mol. The third-order valence-corrected chi connectivity index (χ3v) is 6.10. The van der Waals surface area contributed by atoms with Gasteiger partial charge in [-0.25, -0.2) is 0 Å². The predicted octanol–water partition coefficient (Wildman–Crippen LogP) is 3.98. The van der Waals surface area contributed by atoms with Crippen LogP contribution in [-0.4, -0.2) is 42.9 Å². The van der Waals surface area contributed by atoms with Gasteiger partial charge >= 0.3 is 0 Å². The van der Waals surface area contributed by atoms with Gasteiger partial charge in [0.2, 0.25) is 0 Å². The number of anilines is 2. The molecule has 156 valence electrons. The summed E-state index contributed by atoms with van der Waals surface area (Å²) >= 11 is 0. The Labute approximate surface area is 173 Å². The molecule has 2 aliphatic rings. The summed E-state index contributed by atoms with van der Waals surface area (Å²) in [6, 6.07) is 15.0.